The Bertz CT molecular complexity index is 1470. The smallest absolute Gasteiger partial charge is 0.294 e. The van der Waals surface area contributed by atoms with Crippen LogP contribution >= 0.6 is 23.2 Å². The number of aliphatic hydroxyl groups excluding tert-OH is 1. The number of halogens is 2. The molecular formula is C25H15Cl2NO5. The lowest BCUT2D eigenvalue weighted by atomic mass is 9.94. The molecule has 1 aromatic heterocycles. The molecule has 8 heteroatoms. The predicted octanol–water partition coefficient (Wildman–Crippen LogP) is 6.23. The lowest BCUT2D eigenvalue weighted by Gasteiger charge is -2.27. The van der Waals surface area contributed by atoms with Crippen LogP contribution in [0.2, 0.25) is 10.0 Å². The van der Waals surface area contributed by atoms with Gasteiger partial charge in [0.25, 0.3) is 5.91 Å². The number of aliphatic hydroxyl groups is 1. The van der Waals surface area contributed by atoms with E-state index in [9.17, 15) is 19.8 Å². The summed E-state index contributed by atoms with van der Waals surface area (Å²) < 4.78 is 5.70. The van der Waals surface area contributed by atoms with E-state index in [1.807, 2.05) is 0 Å². The molecule has 2 N–H and O–H groups in total. The average Bonchev–Trinajstić information content (AvgIpc) is 3.32. The van der Waals surface area contributed by atoms with E-state index in [4.69, 9.17) is 27.6 Å². The first kappa shape index (κ1) is 21.1. The Labute approximate surface area is 197 Å². The number of rotatable bonds is 4. The molecule has 6 nitrogen and oxygen atoms in total. The minimum atomic E-state index is -1.02. The van der Waals surface area contributed by atoms with Crippen molar-refractivity contribution in [3.05, 3.63) is 105 Å². The van der Waals surface area contributed by atoms with Crippen LogP contribution in [0.15, 0.2) is 88.5 Å². The summed E-state index contributed by atoms with van der Waals surface area (Å²) in [6.07, 6.45) is 0. The van der Waals surface area contributed by atoms with Crippen LogP contribution in [-0.4, -0.2) is 21.9 Å². The van der Waals surface area contributed by atoms with Crippen molar-refractivity contribution >= 4 is 51.5 Å². The lowest BCUT2D eigenvalue weighted by molar-refractivity contribution is -0.117. The molecule has 164 valence electrons. The van der Waals surface area contributed by atoms with Crippen molar-refractivity contribution in [2.45, 2.75) is 6.04 Å². The van der Waals surface area contributed by atoms with Gasteiger partial charge in [-0.05, 0) is 60.2 Å². The maximum atomic E-state index is 13.6. The molecule has 0 spiro atoms. The molecule has 1 unspecified atom stereocenters. The molecule has 0 fully saturated rings. The first-order valence-electron chi connectivity index (χ1n) is 9.88. The molecule has 0 saturated heterocycles. The number of nitrogens with zero attached hydrogens (tertiary/aromatic N) is 1. The monoisotopic (exact) mass is 479 g/mol. The van der Waals surface area contributed by atoms with Crippen LogP contribution in [0, 0.1) is 0 Å². The molecule has 5 rings (SSSR count). The van der Waals surface area contributed by atoms with Gasteiger partial charge in [0, 0.05) is 21.1 Å². The quantitative estimate of drug-likeness (QED) is 0.338. The van der Waals surface area contributed by atoms with Gasteiger partial charge < -0.3 is 14.6 Å². The standard InChI is InChI=1S/C25H15Cl2NO5/c26-15-4-2-5-17(12-15)28-22(13-3-1-6-18(29)10-13)21(24(31)25(28)32)23(30)20-11-14-9-16(27)7-8-19(14)33-20/h1-12,22,29,31H. The van der Waals surface area contributed by atoms with Gasteiger partial charge in [-0.25, -0.2) is 0 Å². The largest absolute Gasteiger partial charge is 0.508 e. The number of hydrogen-bond acceptors (Lipinski definition) is 5. The fourth-order valence-electron chi connectivity index (χ4n) is 4.00. The van der Waals surface area contributed by atoms with E-state index < -0.39 is 23.5 Å². The number of phenolic OH excluding ortho intramolecular Hbond substituents is 1. The van der Waals surface area contributed by atoms with Crippen LogP contribution < -0.4 is 4.90 Å². The number of carbonyl (C=O) groups excluding carboxylic acids is 2. The van der Waals surface area contributed by atoms with E-state index in [0.29, 0.717) is 32.3 Å². The molecular weight excluding hydrogens is 465 g/mol. The third-order valence-corrected chi connectivity index (χ3v) is 5.90. The number of ketones is 1. The maximum Gasteiger partial charge on any atom is 0.294 e. The van der Waals surface area contributed by atoms with Crippen LogP contribution in [0.5, 0.6) is 5.75 Å². The van der Waals surface area contributed by atoms with E-state index in [2.05, 4.69) is 0 Å². The highest BCUT2D eigenvalue weighted by atomic mass is 35.5. The Kier molecular flexibility index (Phi) is 5.12. The predicted molar refractivity (Wildman–Crippen MR) is 125 cm³/mol. The summed E-state index contributed by atoms with van der Waals surface area (Å²) in [6.45, 7) is 0. The number of fused-ring (bicyclic) bond motifs is 1. The van der Waals surface area contributed by atoms with Gasteiger partial charge in [0.1, 0.15) is 11.3 Å². The van der Waals surface area contributed by atoms with E-state index >= 15 is 0 Å². The van der Waals surface area contributed by atoms with Gasteiger partial charge in [0.15, 0.2) is 11.5 Å². The summed E-state index contributed by atoms with van der Waals surface area (Å²) in [4.78, 5) is 28.0. The van der Waals surface area contributed by atoms with Gasteiger partial charge in [0.05, 0.1) is 11.6 Å². The van der Waals surface area contributed by atoms with E-state index in [1.165, 1.54) is 23.1 Å². The van der Waals surface area contributed by atoms with Crippen molar-refractivity contribution in [2.24, 2.45) is 0 Å². The second-order valence-electron chi connectivity index (χ2n) is 7.54. The van der Waals surface area contributed by atoms with Gasteiger partial charge in [-0.15, -0.1) is 0 Å². The van der Waals surface area contributed by atoms with Gasteiger partial charge in [-0.3, -0.25) is 14.5 Å². The van der Waals surface area contributed by atoms with Crippen molar-refractivity contribution in [1.29, 1.82) is 0 Å². The molecule has 0 bridgehead atoms. The fraction of sp³-hybridized carbons (Fsp3) is 0.0400. The highest BCUT2D eigenvalue weighted by molar-refractivity contribution is 6.31. The lowest BCUT2D eigenvalue weighted by Crippen LogP contribution is -2.31. The molecule has 0 aliphatic carbocycles. The number of carbonyl (C=O) groups is 2. The number of amides is 1. The maximum absolute atomic E-state index is 13.6. The Hall–Kier alpha value is -3.74. The highest BCUT2D eigenvalue weighted by Crippen LogP contribution is 2.43. The van der Waals surface area contributed by atoms with Crippen LogP contribution in [0.1, 0.15) is 22.2 Å². The molecule has 1 aliphatic heterocycles. The summed E-state index contributed by atoms with van der Waals surface area (Å²) in [5.74, 6) is -2.24. The Morgan fingerprint density at radius 2 is 1.67 bits per heavy atom. The van der Waals surface area contributed by atoms with E-state index in [0.717, 1.165) is 0 Å². The number of anilines is 1. The number of aromatic hydroxyl groups is 1. The van der Waals surface area contributed by atoms with Crippen LogP contribution in [0.25, 0.3) is 11.0 Å². The van der Waals surface area contributed by atoms with Crippen molar-refractivity contribution in [3.8, 4) is 5.75 Å². The molecule has 1 atom stereocenters. The van der Waals surface area contributed by atoms with Crippen molar-refractivity contribution in [1.82, 2.24) is 0 Å². The van der Waals surface area contributed by atoms with Gasteiger partial charge in [-0.1, -0.05) is 41.4 Å². The summed E-state index contributed by atoms with van der Waals surface area (Å²) in [6, 6.07) is 18.0. The van der Waals surface area contributed by atoms with Crippen LogP contribution in [0.3, 0.4) is 0 Å². The Morgan fingerprint density at radius 1 is 0.909 bits per heavy atom. The number of hydrogen-bond donors (Lipinski definition) is 2. The van der Waals surface area contributed by atoms with E-state index in [-0.39, 0.29) is 17.1 Å². The number of benzene rings is 3. The van der Waals surface area contributed by atoms with Crippen molar-refractivity contribution in [3.63, 3.8) is 0 Å². The highest BCUT2D eigenvalue weighted by Gasteiger charge is 2.45. The topological polar surface area (TPSA) is 91.0 Å². The zero-order chi connectivity index (χ0) is 23.3. The minimum absolute atomic E-state index is 0.0532. The molecule has 2 heterocycles. The fourth-order valence-corrected chi connectivity index (χ4v) is 4.36. The molecule has 33 heavy (non-hydrogen) atoms. The Morgan fingerprint density at radius 3 is 2.42 bits per heavy atom. The zero-order valence-corrected chi connectivity index (χ0v) is 18.3. The molecule has 0 saturated carbocycles. The molecule has 4 aromatic rings. The molecule has 0 radical (unpaired) electrons. The summed E-state index contributed by atoms with van der Waals surface area (Å²) in [5, 5.41) is 22.3. The van der Waals surface area contributed by atoms with Crippen LogP contribution in [-0.2, 0) is 4.79 Å². The zero-order valence-electron chi connectivity index (χ0n) is 16.8. The van der Waals surface area contributed by atoms with Gasteiger partial charge >= 0.3 is 0 Å². The summed E-state index contributed by atoms with van der Waals surface area (Å²) >= 11 is 12.2. The third-order valence-electron chi connectivity index (χ3n) is 5.43. The normalized spacial score (nSPS) is 16.1. The Balaban J connectivity index is 1.67. The van der Waals surface area contributed by atoms with E-state index in [1.54, 1.807) is 54.6 Å². The van der Waals surface area contributed by atoms with Crippen LogP contribution in [0.4, 0.5) is 5.69 Å². The first-order valence-corrected chi connectivity index (χ1v) is 10.6. The van der Waals surface area contributed by atoms with Gasteiger partial charge in [-0.2, -0.15) is 0 Å². The minimum Gasteiger partial charge on any atom is -0.508 e. The second kappa shape index (κ2) is 7.99. The summed E-state index contributed by atoms with van der Waals surface area (Å²) in [7, 11) is 0. The number of phenols is 1. The third kappa shape index (κ3) is 3.63. The molecule has 1 aliphatic rings. The average molecular weight is 480 g/mol. The van der Waals surface area contributed by atoms with Gasteiger partial charge in [0.2, 0.25) is 5.78 Å². The SMILES string of the molecule is O=C(C1=C(O)C(=O)N(c2cccc(Cl)c2)C1c1cccc(O)c1)c1cc2cc(Cl)ccc2o1. The second-order valence-corrected chi connectivity index (χ2v) is 8.41. The van der Waals surface area contributed by atoms with Crippen molar-refractivity contribution in [2.75, 3.05) is 4.90 Å². The van der Waals surface area contributed by atoms with Crippen molar-refractivity contribution < 1.29 is 24.2 Å². The summed E-state index contributed by atoms with van der Waals surface area (Å²) in [5.41, 5.74) is 1.07. The molecule has 3 aromatic carbocycles. The first-order chi connectivity index (χ1) is 15.8. The molecule has 1 amide bonds. The number of Topliss-reactive ketones (excluding diaryl/α,β-unsaturated/α-hetero) is 1. The number of furan rings is 1.